The summed E-state index contributed by atoms with van der Waals surface area (Å²) < 4.78 is 28.2. The molecule has 0 bridgehead atoms. The number of hydrogen-bond acceptors (Lipinski definition) is 7. The van der Waals surface area contributed by atoms with Gasteiger partial charge in [-0.15, -0.1) is 0 Å². The highest BCUT2D eigenvalue weighted by Gasteiger charge is 2.36. The van der Waals surface area contributed by atoms with E-state index in [2.05, 4.69) is 0 Å². The maximum atomic E-state index is 12.6. The summed E-state index contributed by atoms with van der Waals surface area (Å²) in [6.07, 6.45) is 0.359. The van der Waals surface area contributed by atoms with Gasteiger partial charge in [0.1, 0.15) is 0 Å². The second kappa shape index (κ2) is 8.19. The van der Waals surface area contributed by atoms with Gasteiger partial charge in [0.2, 0.25) is 0 Å². The molecular weight excluding hydrogens is 436 g/mol. The molecule has 0 aliphatic carbocycles. The molecule has 0 spiro atoms. The monoisotopic (exact) mass is 456 g/mol. The van der Waals surface area contributed by atoms with Crippen LogP contribution in [-0.4, -0.2) is 68.2 Å². The van der Waals surface area contributed by atoms with Crippen molar-refractivity contribution in [2.75, 3.05) is 30.1 Å². The Balaban J connectivity index is 1.37. The van der Waals surface area contributed by atoms with Crippen LogP contribution in [0.3, 0.4) is 0 Å². The van der Waals surface area contributed by atoms with Gasteiger partial charge in [-0.3, -0.25) is 14.4 Å². The lowest BCUT2D eigenvalue weighted by atomic mass is 10.1. The van der Waals surface area contributed by atoms with Crippen LogP contribution in [0.1, 0.15) is 37.5 Å². The third-order valence-electron chi connectivity index (χ3n) is 5.63. The molecule has 1 atom stereocenters. The van der Waals surface area contributed by atoms with Gasteiger partial charge in [0.15, 0.2) is 16.4 Å². The first-order valence-electron chi connectivity index (χ1n) is 9.89. The number of sulfone groups is 1. The minimum absolute atomic E-state index is 0.0362. The molecule has 9 nitrogen and oxygen atoms in total. The number of fused-ring (bicyclic) bond motifs is 1. The number of carbonyl (C=O) groups is 4. The van der Waals surface area contributed by atoms with Crippen LogP contribution in [-0.2, 0) is 19.4 Å². The molecule has 0 N–H and O–H groups in total. The number of carbonyl (C=O) groups excluding carboxylic acids is 4. The Morgan fingerprint density at radius 1 is 1.03 bits per heavy atom. The van der Waals surface area contributed by atoms with Crippen molar-refractivity contribution in [3.05, 3.63) is 65.2 Å². The maximum absolute atomic E-state index is 12.6. The van der Waals surface area contributed by atoms with Gasteiger partial charge in [-0.25, -0.2) is 18.1 Å². The predicted molar refractivity (Wildman–Crippen MR) is 114 cm³/mol. The molecule has 0 saturated carbocycles. The normalized spacial score (nSPS) is 19.0. The van der Waals surface area contributed by atoms with Gasteiger partial charge in [0, 0.05) is 13.1 Å². The largest absolute Gasteiger partial charge is 0.452 e. The van der Waals surface area contributed by atoms with Crippen molar-refractivity contribution in [1.82, 2.24) is 4.90 Å². The molecule has 1 saturated heterocycles. The summed E-state index contributed by atoms with van der Waals surface area (Å²) in [7, 11) is -1.65. The lowest BCUT2D eigenvalue weighted by molar-refractivity contribution is -0.134. The van der Waals surface area contributed by atoms with Crippen molar-refractivity contribution < 1.29 is 32.3 Å². The number of likely N-dealkylation sites (N-methyl/N-ethyl adjacent to an activating group) is 1. The molecule has 2 aliphatic heterocycles. The Labute approximate surface area is 184 Å². The molecule has 166 valence electrons. The molecule has 2 heterocycles. The standard InChI is InChI=1S/C22H20N2O7S/c1-23(16-10-11-32(29,30)13-16)19(25)12-31-22(28)14-6-8-15(9-7-14)24-20(26)17-4-2-3-5-18(17)21(24)27/h2-9,16H,10-13H2,1H3. The molecule has 3 amide bonds. The van der Waals surface area contributed by atoms with Crippen LogP contribution < -0.4 is 4.90 Å². The van der Waals surface area contributed by atoms with Crippen molar-refractivity contribution in [2.45, 2.75) is 12.5 Å². The molecule has 4 rings (SSSR count). The van der Waals surface area contributed by atoms with E-state index in [-0.39, 0.29) is 17.1 Å². The molecule has 0 aromatic heterocycles. The number of nitrogens with zero attached hydrogens (tertiary/aromatic N) is 2. The third-order valence-corrected chi connectivity index (χ3v) is 7.38. The van der Waals surface area contributed by atoms with Gasteiger partial charge in [0.25, 0.3) is 17.7 Å². The topological polar surface area (TPSA) is 118 Å². The number of ether oxygens (including phenoxy) is 1. The molecule has 10 heteroatoms. The third kappa shape index (κ3) is 4.01. The SMILES string of the molecule is CN(C(=O)COC(=O)c1ccc(N2C(=O)c3ccccc3C2=O)cc1)C1CCS(=O)(=O)C1. The van der Waals surface area contributed by atoms with E-state index in [1.165, 1.54) is 36.2 Å². The molecule has 1 fully saturated rings. The van der Waals surface area contributed by atoms with Crippen molar-refractivity contribution in [3.63, 3.8) is 0 Å². The molecular formula is C22H20N2O7S. The number of imide groups is 1. The van der Waals surface area contributed by atoms with E-state index in [0.29, 0.717) is 23.2 Å². The maximum Gasteiger partial charge on any atom is 0.338 e. The van der Waals surface area contributed by atoms with Gasteiger partial charge in [-0.05, 0) is 42.8 Å². The summed E-state index contributed by atoms with van der Waals surface area (Å²) in [4.78, 5) is 52.0. The van der Waals surface area contributed by atoms with E-state index in [0.717, 1.165) is 4.90 Å². The lowest BCUT2D eigenvalue weighted by Gasteiger charge is -2.23. The van der Waals surface area contributed by atoms with Crippen molar-refractivity contribution in [3.8, 4) is 0 Å². The quantitative estimate of drug-likeness (QED) is 0.491. The zero-order valence-electron chi connectivity index (χ0n) is 17.2. The number of esters is 1. The number of anilines is 1. The van der Waals surface area contributed by atoms with Crippen LogP contribution in [0.25, 0.3) is 0 Å². The van der Waals surface area contributed by atoms with E-state index >= 15 is 0 Å². The highest BCUT2D eigenvalue weighted by molar-refractivity contribution is 7.91. The average Bonchev–Trinajstić information content (AvgIpc) is 3.28. The van der Waals surface area contributed by atoms with Crippen molar-refractivity contribution >= 4 is 39.2 Å². The highest BCUT2D eigenvalue weighted by Crippen LogP contribution is 2.28. The van der Waals surface area contributed by atoms with E-state index in [1.54, 1.807) is 24.3 Å². The second-order valence-electron chi connectivity index (χ2n) is 7.68. The molecule has 2 aromatic rings. The van der Waals surface area contributed by atoms with Crippen LogP contribution in [0, 0.1) is 0 Å². The van der Waals surface area contributed by atoms with Crippen LogP contribution >= 0.6 is 0 Å². The summed E-state index contributed by atoms with van der Waals surface area (Å²) in [6.45, 7) is -0.522. The zero-order chi connectivity index (χ0) is 23.0. The number of benzene rings is 2. The van der Waals surface area contributed by atoms with Gasteiger partial charge in [-0.2, -0.15) is 0 Å². The molecule has 32 heavy (non-hydrogen) atoms. The van der Waals surface area contributed by atoms with Crippen LogP contribution in [0.4, 0.5) is 5.69 Å². The first-order valence-corrected chi connectivity index (χ1v) is 11.7. The highest BCUT2D eigenvalue weighted by atomic mass is 32.2. The van der Waals surface area contributed by atoms with Gasteiger partial charge < -0.3 is 9.64 Å². The van der Waals surface area contributed by atoms with Crippen molar-refractivity contribution in [1.29, 1.82) is 0 Å². The van der Waals surface area contributed by atoms with Crippen molar-refractivity contribution in [2.24, 2.45) is 0 Å². The van der Waals surface area contributed by atoms with E-state index in [1.807, 2.05) is 0 Å². The van der Waals surface area contributed by atoms with E-state index in [9.17, 15) is 27.6 Å². The molecule has 1 unspecified atom stereocenters. The Morgan fingerprint density at radius 3 is 2.16 bits per heavy atom. The number of hydrogen-bond donors (Lipinski definition) is 0. The second-order valence-corrected chi connectivity index (χ2v) is 9.90. The Bertz CT molecular complexity index is 1190. The minimum Gasteiger partial charge on any atom is -0.452 e. The van der Waals surface area contributed by atoms with E-state index < -0.39 is 46.2 Å². The first kappa shape index (κ1) is 21.7. The smallest absolute Gasteiger partial charge is 0.338 e. The summed E-state index contributed by atoms with van der Waals surface area (Å²) in [5.41, 5.74) is 1.09. The predicted octanol–water partition coefficient (Wildman–Crippen LogP) is 1.29. The van der Waals surface area contributed by atoms with Gasteiger partial charge >= 0.3 is 5.97 Å². The molecule has 2 aliphatic rings. The zero-order valence-corrected chi connectivity index (χ0v) is 18.0. The average molecular weight is 456 g/mol. The van der Waals surface area contributed by atoms with Gasteiger partial charge in [-0.1, -0.05) is 12.1 Å². The summed E-state index contributed by atoms with van der Waals surface area (Å²) in [5.74, 6) is -2.19. The Kier molecular flexibility index (Phi) is 5.55. The van der Waals surface area contributed by atoms with Crippen LogP contribution in [0.5, 0.6) is 0 Å². The Hall–Kier alpha value is -3.53. The van der Waals surface area contributed by atoms with Crippen LogP contribution in [0.15, 0.2) is 48.5 Å². The molecule has 0 radical (unpaired) electrons. The fourth-order valence-electron chi connectivity index (χ4n) is 3.77. The summed E-state index contributed by atoms with van der Waals surface area (Å²) >= 11 is 0. The Morgan fingerprint density at radius 2 is 1.62 bits per heavy atom. The summed E-state index contributed by atoms with van der Waals surface area (Å²) in [6, 6.07) is 11.8. The fraction of sp³-hybridized carbons (Fsp3) is 0.273. The number of amides is 3. The fourth-order valence-corrected chi connectivity index (χ4v) is 5.54. The minimum atomic E-state index is -3.14. The van der Waals surface area contributed by atoms with Gasteiger partial charge in [0.05, 0.1) is 33.9 Å². The molecule has 2 aromatic carbocycles. The first-order chi connectivity index (χ1) is 15.2. The number of rotatable bonds is 5. The lowest BCUT2D eigenvalue weighted by Crippen LogP contribution is -2.40. The summed E-state index contributed by atoms with van der Waals surface area (Å²) in [5, 5.41) is 0. The van der Waals surface area contributed by atoms with E-state index in [4.69, 9.17) is 4.74 Å². The van der Waals surface area contributed by atoms with Crippen LogP contribution in [0.2, 0.25) is 0 Å².